The van der Waals surface area contributed by atoms with Crippen LogP contribution in [-0.4, -0.2) is 61.2 Å². The zero-order valence-corrected chi connectivity index (χ0v) is 19.2. The van der Waals surface area contributed by atoms with Gasteiger partial charge in [-0.15, -0.1) is 11.3 Å². The lowest BCUT2D eigenvalue weighted by Crippen LogP contribution is -2.48. The smallest absolute Gasteiger partial charge is 0.341 e. The van der Waals surface area contributed by atoms with Crippen LogP contribution >= 0.6 is 11.3 Å². The van der Waals surface area contributed by atoms with Crippen molar-refractivity contribution in [3.63, 3.8) is 0 Å². The number of phenolic OH excluding ortho intramolecular Hbond substituents is 1. The number of anilines is 2. The highest BCUT2D eigenvalue weighted by Gasteiger charge is 2.24. The van der Waals surface area contributed by atoms with Crippen molar-refractivity contribution in [2.45, 2.75) is 27.2 Å². The Kier molecular flexibility index (Phi) is 7.92. The molecule has 1 aliphatic heterocycles. The van der Waals surface area contributed by atoms with Crippen LogP contribution in [0.25, 0.3) is 0 Å². The largest absolute Gasteiger partial charge is 0.508 e. The first-order chi connectivity index (χ1) is 14.9. The lowest BCUT2D eigenvalue weighted by Gasteiger charge is -2.35. The maximum Gasteiger partial charge on any atom is 0.341 e. The predicted molar refractivity (Wildman–Crippen MR) is 124 cm³/mol. The van der Waals surface area contributed by atoms with E-state index in [1.54, 1.807) is 19.1 Å². The molecule has 0 unspecified atom stereocenters. The normalized spacial score (nSPS) is 14.6. The molecule has 2 heterocycles. The van der Waals surface area contributed by atoms with Gasteiger partial charge in [0.2, 0.25) is 5.91 Å². The van der Waals surface area contributed by atoms with E-state index in [1.807, 2.05) is 17.5 Å². The molecule has 8 heteroatoms. The van der Waals surface area contributed by atoms with Crippen LogP contribution in [-0.2, 0) is 16.0 Å². The van der Waals surface area contributed by atoms with Gasteiger partial charge >= 0.3 is 5.97 Å². The minimum absolute atomic E-state index is 0.124. The maximum absolute atomic E-state index is 12.7. The van der Waals surface area contributed by atoms with Crippen LogP contribution in [0.15, 0.2) is 29.6 Å². The van der Waals surface area contributed by atoms with Crippen molar-refractivity contribution < 1.29 is 19.4 Å². The van der Waals surface area contributed by atoms with Crippen LogP contribution in [0.1, 0.15) is 36.7 Å². The highest BCUT2D eigenvalue weighted by molar-refractivity contribution is 7.15. The molecule has 31 heavy (non-hydrogen) atoms. The third-order valence-corrected chi connectivity index (χ3v) is 6.13. The molecular weight excluding hydrogens is 414 g/mol. The Morgan fingerprint density at radius 3 is 2.45 bits per heavy atom. The quantitative estimate of drug-likeness (QED) is 0.605. The molecule has 1 amide bonds. The molecule has 0 radical (unpaired) electrons. The van der Waals surface area contributed by atoms with Gasteiger partial charge in [-0.3, -0.25) is 9.69 Å². The van der Waals surface area contributed by atoms with Crippen molar-refractivity contribution in [3.05, 3.63) is 40.8 Å². The van der Waals surface area contributed by atoms with Crippen molar-refractivity contribution in [3.8, 4) is 5.75 Å². The van der Waals surface area contributed by atoms with Gasteiger partial charge in [-0.2, -0.15) is 0 Å². The SMILES string of the molecule is CCOC(=O)c1c(CC(C)C)csc1NC(=O)CN1CCN(c2ccc(O)cc2)CC1. The first-order valence-electron chi connectivity index (χ1n) is 10.7. The van der Waals surface area contributed by atoms with E-state index in [9.17, 15) is 14.7 Å². The molecule has 2 aromatic rings. The molecule has 0 saturated carbocycles. The van der Waals surface area contributed by atoms with E-state index in [0.717, 1.165) is 43.9 Å². The van der Waals surface area contributed by atoms with Crippen molar-refractivity contribution in [2.24, 2.45) is 5.92 Å². The summed E-state index contributed by atoms with van der Waals surface area (Å²) in [7, 11) is 0. The van der Waals surface area contributed by atoms with Crippen molar-refractivity contribution in [1.82, 2.24) is 4.90 Å². The fourth-order valence-corrected chi connectivity index (χ4v) is 4.68. The highest BCUT2D eigenvalue weighted by atomic mass is 32.1. The number of thiophene rings is 1. The maximum atomic E-state index is 12.7. The van der Waals surface area contributed by atoms with Crippen molar-refractivity contribution in [1.29, 1.82) is 0 Å². The topological polar surface area (TPSA) is 82.1 Å². The second-order valence-corrected chi connectivity index (χ2v) is 8.99. The van der Waals surface area contributed by atoms with E-state index >= 15 is 0 Å². The summed E-state index contributed by atoms with van der Waals surface area (Å²) in [5.74, 6) is 0.154. The van der Waals surface area contributed by atoms with E-state index < -0.39 is 0 Å². The summed E-state index contributed by atoms with van der Waals surface area (Å²) >= 11 is 1.38. The number of amides is 1. The van der Waals surface area contributed by atoms with Crippen LogP contribution in [0.4, 0.5) is 10.7 Å². The van der Waals surface area contributed by atoms with E-state index in [-0.39, 0.29) is 24.2 Å². The van der Waals surface area contributed by atoms with Crippen LogP contribution in [0.3, 0.4) is 0 Å². The molecule has 7 nitrogen and oxygen atoms in total. The standard InChI is InChI=1S/C23H31N3O4S/c1-4-30-23(29)21-17(13-16(2)3)15-31-22(21)24-20(28)14-25-9-11-26(12-10-25)18-5-7-19(27)8-6-18/h5-8,15-16,27H,4,9-14H2,1-3H3,(H,24,28). The number of carbonyl (C=O) groups is 2. The number of rotatable bonds is 8. The number of phenols is 1. The number of piperazine rings is 1. The Labute approximate surface area is 187 Å². The minimum atomic E-state index is -0.378. The number of aromatic hydroxyl groups is 1. The fourth-order valence-electron chi connectivity index (χ4n) is 3.70. The third-order valence-electron chi connectivity index (χ3n) is 5.18. The summed E-state index contributed by atoms with van der Waals surface area (Å²) in [4.78, 5) is 29.5. The molecule has 168 valence electrons. The van der Waals surface area contributed by atoms with E-state index in [0.29, 0.717) is 23.1 Å². The minimum Gasteiger partial charge on any atom is -0.508 e. The molecule has 1 aliphatic rings. The van der Waals surface area contributed by atoms with E-state index in [4.69, 9.17) is 4.74 Å². The van der Waals surface area contributed by atoms with Gasteiger partial charge in [-0.1, -0.05) is 13.8 Å². The lowest BCUT2D eigenvalue weighted by molar-refractivity contribution is -0.117. The van der Waals surface area contributed by atoms with Gasteiger partial charge in [0.15, 0.2) is 0 Å². The Hall–Kier alpha value is -2.58. The zero-order valence-electron chi connectivity index (χ0n) is 18.4. The Bertz CT molecular complexity index is 887. The molecule has 0 bridgehead atoms. The van der Waals surface area contributed by atoms with E-state index in [1.165, 1.54) is 11.3 Å². The number of hydrogen-bond acceptors (Lipinski definition) is 7. The van der Waals surface area contributed by atoms with Gasteiger partial charge in [-0.05, 0) is 54.5 Å². The molecule has 1 aromatic carbocycles. The summed E-state index contributed by atoms with van der Waals surface area (Å²) in [5.41, 5.74) is 2.49. The van der Waals surface area contributed by atoms with Crippen LogP contribution in [0.5, 0.6) is 5.75 Å². The number of benzene rings is 1. The van der Waals surface area contributed by atoms with Gasteiger partial charge in [0.25, 0.3) is 0 Å². The highest BCUT2D eigenvalue weighted by Crippen LogP contribution is 2.31. The third kappa shape index (κ3) is 6.21. The summed E-state index contributed by atoms with van der Waals surface area (Å²) < 4.78 is 5.23. The summed E-state index contributed by atoms with van der Waals surface area (Å²) in [5, 5.41) is 14.9. The van der Waals surface area contributed by atoms with Crippen LogP contribution in [0.2, 0.25) is 0 Å². The number of ether oxygens (including phenoxy) is 1. The molecule has 3 rings (SSSR count). The monoisotopic (exact) mass is 445 g/mol. The number of nitrogens with one attached hydrogen (secondary N) is 1. The molecule has 1 saturated heterocycles. The number of carbonyl (C=O) groups excluding carboxylic acids is 2. The number of hydrogen-bond donors (Lipinski definition) is 2. The Morgan fingerprint density at radius 2 is 1.84 bits per heavy atom. The van der Waals surface area contributed by atoms with E-state index in [2.05, 4.69) is 29.0 Å². The second kappa shape index (κ2) is 10.6. The Morgan fingerprint density at radius 1 is 1.16 bits per heavy atom. The van der Waals surface area contributed by atoms with Crippen molar-refractivity contribution in [2.75, 3.05) is 49.5 Å². The second-order valence-electron chi connectivity index (χ2n) is 8.11. The number of nitrogens with zero attached hydrogens (tertiary/aromatic N) is 2. The average molecular weight is 446 g/mol. The van der Waals surface area contributed by atoms with Gasteiger partial charge < -0.3 is 20.1 Å². The zero-order chi connectivity index (χ0) is 22.4. The summed E-state index contributed by atoms with van der Waals surface area (Å²) in [6, 6.07) is 7.18. The van der Waals surface area contributed by atoms with Crippen LogP contribution < -0.4 is 10.2 Å². The number of esters is 1. The van der Waals surface area contributed by atoms with Gasteiger partial charge in [-0.25, -0.2) is 4.79 Å². The molecule has 0 aliphatic carbocycles. The lowest BCUT2D eigenvalue weighted by atomic mass is 10.0. The first-order valence-corrected chi connectivity index (χ1v) is 11.6. The summed E-state index contributed by atoms with van der Waals surface area (Å²) in [6.45, 7) is 9.71. The van der Waals surface area contributed by atoms with Gasteiger partial charge in [0.05, 0.1) is 18.7 Å². The molecule has 0 atom stereocenters. The molecule has 2 N–H and O–H groups in total. The fraction of sp³-hybridized carbons (Fsp3) is 0.478. The molecule has 1 fully saturated rings. The average Bonchev–Trinajstić information content (AvgIpc) is 3.10. The predicted octanol–water partition coefficient (Wildman–Crippen LogP) is 3.59. The van der Waals surface area contributed by atoms with Crippen LogP contribution in [0, 0.1) is 5.92 Å². The van der Waals surface area contributed by atoms with Gasteiger partial charge in [0, 0.05) is 31.9 Å². The van der Waals surface area contributed by atoms with Gasteiger partial charge in [0.1, 0.15) is 10.8 Å². The Balaban J connectivity index is 1.58. The summed E-state index contributed by atoms with van der Waals surface area (Å²) in [6.07, 6.45) is 0.764. The molecule has 1 aromatic heterocycles. The first kappa shape index (κ1) is 23.1. The molecular formula is C23H31N3O4S. The molecule has 0 spiro atoms. The van der Waals surface area contributed by atoms with Crippen molar-refractivity contribution >= 4 is 33.9 Å².